The van der Waals surface area contributed by atoms with Gasteiger partial charge < -0.3 is 15.7 Å². The predicted molar refractivity (Wildman–Crippen MR) is 133 cm³/mol. The van der Waals surface area contributed by atoms with E-state index < -0.39 is 27.9 Å². The zero-order valence-electron chi connectivity index (χ0n) is 19.5. The van der Waals surface area contributed by atoms with E-state index in [9.17, 15) is 23.1 Å². The maximum Gasteiger partial charge on any atom is 0.323 e. The van der Waals surface area contributed by atoms with Gasteiger partial charge in [-0.15, -0.1) is 0 Å². The molecule has 0 saturated carbocycles. The molecule has 2 aromatic heterocycles. The quantitative estimate of drug-likeness (QED) is 0.243. The van der Waals surface area contributed by atoms with Gasteiger partial charge >= 0.3 is 5.97 Å². The molecule has 0 bridgehead atoms. The molecule has 0 unspecified atom stereocenters. The number of fused-ring (bicyclic) bond motifs is 1. The van der Waals surface area contributed by atoms with Crippen LogP contribution < -0.4 is 15.4 Å². The summed E-state index contributed by atoms with van der Waals surface area (Å²) in [5.41, 5.74) is 1.19. The fourth-order valence-electron chi connectivity index (χ4n) is 3.41. The first-order valence-corrected chi connectivity index (χ1v) is 13.1. The number of carboxylic acids is 1. The number of benzene rings is 1. The molecule has 1 aromatic carbocycles. The molecule has 0 fully saturated rings. The average Bonchev–Trinajstić information content (AvgIpc) is 3.25. The maximum absolute atomic E-state index is 12.6. The molecule has 35 heavy (non-hydrogen) atoms. The second-order valence-corrected chi connectivity index (χ2v) is 9.90. The summed E-state index contributed by atoms with van der Waals surface area (Å²) < 4.78 is 28.0. The number of aliphatic carboxylic acids is 1. The maximum atomic E-state index is 12.6. The smallest absolute Gasteiger partial charge is 0.323 e. The molecule has 0 saturated heterocycles. The van der Waals surface area contributed by atoms with Crippen molar-refractivity contribution < 1.29 is 23.1 Å². The third kappa shape index (κ3) is 7.76. The molecular formula is C23H30N6O5S. The van der Waals surface area contributed by atoms with Crippen molar-refractivity contribution in [3.8, 4) is 0 Å². The number of hydrogen-bond acceptors (Lipinski definition) is 7. The molecule has 0 spiro atoms. The van der Waals surface area contributed by atoms with E-state index >= 15 is 0 Å². The second-order valence-electron chi connectivity index (χ2n) is 8.03. The van der Waals surface area contributed by atoms with Crippen LogP contribution in [0.1, 0.15) is 36.5 Å². The van der Waals surface area contributed by atoms with Crippen LogP contribution in [-0.2, 0) is 21.4 Å². The average molecular weight is 503 g/mol. The van der Waals surface area contributed by atoms with Crippen molar-refractivity contribution in [1.29, 1.82) is 0 Å². The van der Waals surface area contributed by atoms with E-state index in [1.54, 1.807) is 30.6 Å². The first kappa shape index (κ1) is 26.1. The molecule has 12 heteroatoms. The first-order chi connectivity index (χ1) is 16.8. The van der Waals surface area contributed by atoms with Gasteiger partial charge in [0, 0.05) is 36.8 Å². The molecule has 3 aromatic rings. The number of carbonyl (C=O) groups excluding carboxylic acids is 1. The molecule has 11 nitrogen and oxygen atoms in total. The van der Waals surface area contributed by atoms with Crippen LogP contribution in [0, 0.1) is 0 Å². The van der Waals surface area contributed by atoms with Gasteiger partial charge in [0.15, 0.2) is 0 Å². The van der Waals surface area contributed by atoms with Crippen LogP contribution >= 0.6 is 0 Å². The van der Waals surface area contributed by atoms with E-state index in [-0.39, 0.29) is 12.3 Å². The van der Waals surface area contributed by atoms with Gasteiger partial charge in [-0.05, 0) is 43.2 Å². The van der Waals surface area contributed by atoms with Gasteiger partial charge in [0.1, 0.15) is 11.9 Å². The number of pyridine rings is 1. The van der Waals surface area contributed by atoms with E-state index in [4.69, 9.17) is 0 Å². The third-order valence-corrected chi connectivity index (χ3v) is 6.74. The standard InChI is InChI=1S/C23H30N6O5S/c1-2-3-13-35(33,34)28-19(23(31)32)16-26-22(30)17-8-9-20-18(14-17)15-27-29(20)12-6-11-25-21-7-4-5-10-24-21/h4-5,7-10,14-15,19,28H,2-3,6,11-13,16H2,1H3,(H,24,25)(H,26,30)(H,31,32)/t19-/m0/s1. The Morgan fingerprint density at radius 2 is 2.00 bits per heavy atom. The van der Waals surface area contributed by atoms with Crippen molar-refractivity contribution >= 4 is 38.6 Å². The number of hydrogen-bond donors (Lipinski definition) is 4. The topological polar surface area (TPSA) is 155 Å². The van der Waals surface area contributed by atoms with Crippen LogP contribution in [0.3, 0.4) is 0 Å². The Morgan fingerprint density at radius 1 is 1.17 bits per heavy atom. The lowest BCUT2D eigenvalue weighted by Gasteiger charge is -2.15. The Bertz CT molecular complexity index is 1250. The largest absolute Gasteiger partial charge is 0.480 e. The van der Waals surface area contributed by atoms with Crippen LogP contribution in [0.2, 0.25) is 0 Å². The Labute approximate surface area is 204 Å². The van der Waals surface area contributed by atoms with Crippen LogP contribution in [0.25, 0.3) is 10.9 Å². The van der Waals surface area contributed by atoms with Crippen molar-refractivity contribution in [3.63, 3.8) is 0 Å². The minimum atomic E-state index is -3.75. The number of anilines is 1. The Balaban J connectivity index is 1.55. The van der Waals surface area contributed by atoms with Gasteiger partial charge in [0.2, 0.25) is 10.0 Å². The van der Waals surface area contributed by atoms with Crippen molar-refractivity contribution in [2.45, 2.75) is 38.8 Å². The monoisotopic (exact) mass is 502 g/mol. The Kier molecular flexibility index (Phi) is 9.15. The number of carboxylic acid groups (broad SMARTS) is 1. The predicted octanol–water partition coefficient (Wildman–Crippen LogP) is 1.84. The fraction of sp³-hybridized carbons (Fsp3) is 0.391. The van der Waals surface area contributed by atoms with Crippen molar-refractivity contribution in [2.24, 2.45) is 0 Å². The molecule has 2 heterocycles. The zero-order valence-corrected chi connectivity index (χ0v) is 20.3. The van der Waals surface area contributed by atoms with Crippen LogP contribution in [0.4, 0.5) is 5.82 Å². The highest BCUT2D eigenvalue weighted by Gasteiger charge is 2.24. The van der Waals surface area contributed by atoms with Crippen LogP contribution in [-0.4, -0.2) is 65.0 Å². The molecule has 0 aliphatic heterocycles. The molecule has 0 aliphatic rings. The highest BCUT2D eigenvalue weighted by Crippen LogP contribution is 2.16. The molecule has 4 N–H and O–H groups in total. The molecule has 1 amide bonds. The summed E-state index contributed by atoms with van der Waals surface area (Å²) in [6.07, 6.45) is 5.30. The van der Waals surface area contributed by atoms with E-state index in [2.05, 4.69) is 25.4 Å². The highest BCUT2D eigenvalue weighted by atomic mass is 32.2. The second kappa shape index (κ2) is 12.3. The van der Waals surface area contributed by atoms with E-state index in [0.717, 1.165) is 29.7 Å². The van der Waals surface area contributed by atoms with Gasteiger partial charge in [0.25, 0.3) is 5.91 Å². The molecule has 0 radical (unpaired) electrons. The number of aromatic nitrogens is 3. The fourth-order valence-corrected chi connectivity index (χ4v) is 4.81. The first-order valence-electron chi connectivity index (χ1n) is 11.4. The number of aryl methyl sites for hydroxylation is 1. The lowest BCUT2D eigenvalue weighted by Crippen LogP contribution is -2.48. The third-order valence-electron chi connectivity index (χ3n) is 5.27. The summed E-state index contributed by atoms with van der Waals surface area (Å²) in [6.45, 7) is 2.87. The van der Waals surface area contributed by atoms with Crippen LogP contribution in [0.15, 0.2) is 48.8 Å². The van der Waals surface area contributed by atoms with Gasteiger partial charge in [-0.2, -0.15) is 9.82 Å². The van der Waals surface area contributed by atoms with Crippen molar-refractivity contribution in [1.82, 2.24) is 24.8 Å². The molecule has 1 atom stereocenters. The Hall–Kier alpha value is -3.51. The summed E-state index contributed by atoms with van der Waals surface area (Å²) in [5.74, 6) is -1.22. The molecule has 3 rings (SSSR count). The van der Waals surface area contributed by atoms with Gasteiger partial charge in [-0.25, -0.2) is 13.4 Å². The summed E-state index contributed by atoms with van der Waals surface area (Å²) in [6, 6.07) is 9.30. The summed E-state index contributed by atoms with van der Waals surface area (Å²) in [4.78, 5) is 28.3. The molecule has 0 aliphatic carbocycles. The normalized spacial score (nSPS) is 12.4. The minimum Gasteiger partial charge on any atom is -0.480 e. The summed E-state index contributed by atoms with van der Waals surface area (Å²) in [7, 11) is -3.75. The lowest BCUT2D eigenvalue weighted by molar-refractivity contribution is -0.138. The Morgan fingerprint density at radius 3 is 2.71 bits per heavy atom. The van der Waals surface area contributed by atoms with Gasteiger partial charge in [-0.1, -0.05) is 19.4 Å². The van der Waals surface area contributed by atoms with E-state index in [0.29, 0.717) is 24.9 Å². The van der Waals surface area contributed by atoms with Crippen molar-refractivity contribution in [2.75, 3.05) is 24.2 Å². The summed E-state index contributed by atoms with van der Waals surface area (Å²) in [5, 5.41) is 20.2. The van der Waals surface area contributed by atoms with Crippen LogP contribution in [0.5, 0.6) is 0 Å². The number of nitrogens with one attached hydrogen (secondary N) is 3. The number of sulfonamides is 1. The SMILES string of the molecule is CCCCS(=O)(=O)N[C@@H](CNC(=O)c1ccc2c(cnn2CCCNc2ccccn2)c1)C(=O)O. The van der Waals surface area contributed by atoms with Crippen molar-refractivity contribution in [3.05, 3.63) is 54.4 Å². The zero-order chi connectivity index (χ0) is 25.3. The lowest BCUT2D eigenvalue weighted by atomic mass is 10.1. The minimum absolute atomic E-state index is 0.166. The number of rotatable bonds is 14. The number of amides is 1. The van der Waals surface area contributed by atoms with E-state index in [1.165, 1.54) is 0 Å². The molecule has 188 valence electrons. The highest BCUT2D eigenvalue weighted by molar-refractivity contribution is 7.89. The molecular weight excluding hydrogens is 472 g/mol. The number of carbonyl (C=O) groups is 2. The van der Waals surface area contributed by atoms with Gasteiger partial charge in [-0.3, -0.25) is 14.3 Å². The summed E-state index contributed by atoms with van der Waals surface area (Å²) >= 11 is 0. The van der Waals surface area contributed by atoms with E-state index in [1.807, 2.05) is 29.8 Å². The van der Waals surface area contributed by atoms with Gasteiger partial charge in [0.05, 0.1) is 17.5 Å². The number of nitrogens with zero attached hydrogens (tertiary/aromatic N) is 3. The number of unbranched alkanes of at least 4 members (excludes halogenated alkanes) is 1.